The smallest absolute Gasteiger partial charge is 0.224 e. The van der Waals surface area contributed by atoms with Gasteiger partial charge in [0, 0.05) is 25.6 Å². The van der Waals surface area contributed by atoms with E-state index in [9.17, 15) is 4.79 Å². The average Bonchev–Trinajstić information content (AvgIpc) is 2.29. The van der Waals surface area contributed by atoms with Gasteiger partial charge in [-0.2, -0.15) is 0 Å². The minimum Gasteiger partial charge on any atom is -0.355 e. The fourth-order valence-electron chi connectivity index (χ4n) is 1.68. The summed E-state index contributed by atoms with van der Waals surface area (Å²) in [5.41, 5.74) is 5.52. The van der Waals surface area contributed by atoms with Crippen LogP contribution >= 0.6 is 0 Å². The van der Waals surface area contributed by atoms with Crippen molar-refractivity contribution in [2.45, 2.75) is 33.6 Å². The van der Waals surface area contributed by atoms with Crippen molar-refractivity contribution in [3.05, 3.63) is 0 Å². The molecule has 0 saturated heterocycles. The Balaban J connectivity index is 3.74. The van der Waals surface area contributed by atoms with Crippen LogP contribution in [-0.4, -0.2) is 43.5 Å². The van der Waals surface area contributed by atoms with Crippen molar-refractivity contribution in [2.24, 2.45) is 11.7 Å². The topological polar surface area (TPSA) is 58.4 Å². The van der Waals surface area contributed by atoms with Gasteiger partial charge in [-0.15, -0.1) is 0 Å². The fourth-order valence-corrected chi connectivity index (χ4v) is 1.68. The van der Waals surface area contributed by atoms with Gasteiger partial charge in [0.1, 0.15) is 0 Å². The Kier molecular flexibility index (Phi) is 9.24. The van der Waals surface area contributed by atoms with Crippen LogP contribution in [0.4, 0.5) is 0 Å². The zero-order valence-corrected chi connectivity index (χ0v) is 11.0. The summed E-state index contributed by atoms with van der Waals surface area (Å²) in [4.78, 5) is 14.0. The maximum atomic E-state index is 11.6. The highest BCUT2D eigenvalue weighted by molar-refractivity contribution is 5.78. The van der Waals surface area contributed by atoms with Crippen LogP contribution in [0.3, 0.4) is 0 Å². The van der Waals surface area contributed by atoms with Gasteiger partial charge in [-0.1, -0.05) is 20.8 Å². The SMILES string of the molecule is CCCN(CC)CCNC(=O)C(CC)CN. The molecule has 0 aromatic rings. The quantitative estimate of drug-likeness (QED) is 0.615. The third kappa shape index (κ3) is 6.08. The first-order valence-corrected chi connectivity index (χ1v) is 6.39. The summed E-state index contributed by atoms with van der Waals surface area (Å²) < 4.78 is 0. The summed E-state index contributed by atoms with van der Waals surface area (Å²) in [7, 11) is 0. The van der Waals surface area contributed by atoms with Gasteiger partial charge in [-0.05, 0) is 25.9 Å². The number of nitrogens with zero attached hydrogens (tertiary/aromatic N) is 1. The van der Waals surface area contributed by atoms with Gasteiger partial charge in [0.05, 0.1) is 0 Å². The molecule has 0 bridgehead atoms. The molecule has 1 unspecified atom stereocenters. The Hall–Kier alpha value is -0.610. The summed E-state index contributed by atoms with van der Waals surface area (Å²) in [5, 5.41) is 2.95. The van der Waals surface area contributed by atoms with Gasteiger partial charge in [-0.25, -0.2) is 0 Å². The number of amides is 1. The molecule has 0 aromatic heterocycles. The maximum Gasteiger partial charge on any atom is 0.224 e. The van der Waals surface area contributed by atoms with Crippen molar-refractivity contribution >= 4 is 5.91 Å². The third-order valence-electron chi connectivity index (χ3n) is 2.86. The van der Waals surface area contributed by atoms with Crippen LogP contribution in [0.15, 0.2) is 0 Å². The number of hydrogen-bond acceptors (Lipinski definition) is 3. The molecule has 0 heterocycles. The lowest BCUT2D eigenvalue weighted by Crippen LogP contribution is -2.39. The van der Waals surface area contributed by atoms with Crippen molar-refractivity contribution in [3.8, 4) is 0 Å². The molecule has 0 aromatic carbocycles. The van der Waals surface area contributed by atoms with E-state index in [1.54, 1.807) is 0 Å². The third-order valence-corrected chi connectivity index (χ3v) is 2.86. The van der Waals surface area contributed by atoms with Crippen LogP contribution < -0.4 is 11.1 Å². The molecule has 1 atom stereocenters. The Morgan fingerprint density at radius 1 is 1.31 bits per heavy atom. The lowest BCUT2D eigenvalue weighted by Gasteiger charge is -2.20. The molecule has 1 amide bonds. The zero-order chi connectivity index (χ0) is 12.4. The first-order chi connectivity index (χ1) is 7.69. The first-order valence-electron chi connectivity index (χ1n) is 6.39. The van der Waals surface area contributed by atoms with Gasteiger partial charge in [-0.3, -0.25) is 4.79 Å². The number of hydrogen-bond donors (Lipinski definition) is 2. The van der Waals surface area contributed by atoms with Crippen LogP contribution in [0.5, 0.6) is 0 Å². The molecular formula is C12H27N3O. The Bertz CT molecular complexity index is 181. The molecule has 0 aliphatic carbocycles. The van der Waals surface area contributed by atoms with Crippen molar-refractivity contribution in [1.82, 2.24) is 10.2 Å². The normalized spacial score (nSPS) is 12.8. The highest BCUT2D eigenvalue weighted by Gasteiger charge is 2.13. The maximum absolute atomic E-state index is 11.6. The van der Waals surface area contributed by atoms with E-state index in [4.69, 9.17) is 5.73 Å². The fraction of sp³-hybridized carbons (Fsp3) is 0.917. The minimum atomic E-state index is -0.0266. The van der Waals surface area contributed by atoms with E-state index in [-0.39, 0.29) is 11.8 Å². The predicted molar refractivity (Wildman–Crippen MR) is 68.3 cm³/mol. The number of rotatable bonds is 9. The largest absolute Gasteiger partial charge is 0.355 e. The lowest BCUT2D eigenvalue weighted by atomic mass is 10.1. The molecule has 0 fully saturated rings. The molecule has 3 N–H and O–H groups in total. The van der Waals surface area contributed by atoms with Crippen molar-refractivity contribution in [2.75, 3.05) is 32.7 Å². The van der Waals surface area contributed by atoms with Gasteiger partial charge >= 0.3 is 0 Å². The highest BCUT2D eigenvalue weighted by Crippen LogP contribution is 1.99. The Morgan fingerprint density at radius 2 is 2.00 bits per heavy atom. The van der Waals surface area contributed by atoms with E-state index in [1.165, 1.54) is 0 Å². The standard InChI is InChI=1S/C12H27N3O/c1-4-8-15(6-3)9-7-14-12(16)11(5-2)10-13/h11H,4-10,13H2,1-3H3,(H,14,16). The molecule has 0 radical (unpaired) electrons. The molecule has 16 heavy (non-hydrogen) atoms. The van der Waals surface area contributed by atoms with E-state index in [1.807, 2.05) is 6.92 Å². The van der Waals surface area contributed by atoms with Crippen molar-refractivity contribution < 1.29 is 4.79 Å². The molecule has 4 nitrogen and oxygen atoms in total. The van der Waals surface area contributed by atoms with E-state index < -0.39 is 0 Å². The molecule has 0 spiro atoms. The van der Waals surface area contributed by atoms with Crippen LogP contribution in [0.25, 0.3) is 0 Å². The minimum absolute atomic E-state index is 0.0266. The summed E-state index contributed by atoms with van der Waals surface area (Å²) >= 11 is 0. The van der Waals surface area contributed by atoms with Gasteiger partial charge < -0.3 is 16.0 Å². The summed E-state index contributed by atoms with van der Waals surface area (Å²) in [6.07, 6.45) is 1.97. The monoisotopic (exact) mass is 229 g/mol. The lowest BCUT2D eigenvalue weighted by molar-refractivity contribution is -0.124. The van der Waals surface area contributed by atoms with E-state index in [2.05, 4.69) is 24.1 Å². The number of carbonyl (C=O) groups excluding carboxylic acids is 1. The van der Waals surface area contributed by atoms with Gasteiger partial charge in [0.2, 0.25) is 5.91 Å². The van der Waals surface area contributed by atoms with Crippen LogP contribution in [0.2, 0.25) is 0 Å². The van der Waals surface area contributed by atoms with Crippen LogP contribution in [0.1, 0.15) is 33.6 Å². The van der Waals surface area contributed by atoms with Crippen LogP contribution in [0, 0.1) is 5.92 Å². The zero-order valence-electron chi connectivity index (χ0n) is 11.0. The molecule has 0 aliphatic heterocycles. The van der Waals surface area contributed by atoms with Gasteiger partial charge in [0.25, 0.3) is 0 Å². The molecule has 96 valence electrons. The first kappa shape index (κ1) is 15.4. The molecule has 0 saturated carbocycles. The molecule has 0 rings (SSSR count). The average molecular weight is 229 g/mol. The van der Waals surface area contributed by atoms with Crippen molar-refractivity contribution in [1.29, 1.82) is 0 Å². The van der Waals surface area contributed by atoms with Crippen LogP contribution in [-0.2, 0) is 4.79 Å². The highest BCUT2D eigenvalue weighted by atomic mass is 16.1. The Morgan fingerprint density at radius 3 is 2.44 bits per heavy atom. The number of nitrogens with one attached hydrogen (secondary N) is 1. The van der Waals surface area contributed by atoms with E-state index >= 15 is 0 Å². The number of likely N-dealkylation sites (N-methyl/N-ethyl adjacent to an activating group) is 1. The number of nitrogens with two attached hydrogens (primary N) is 1. The second-order valence-electron chi connectivity index (χ2n) is 4.07. The summed E-state index contributed by atoms with van der Waals surface area (Å²) in [6, 6.07) is 0. The second-order valence-corrected chi connectivity index (χ2v) is 4.07. The summed E-state index contributed by atoms with van der Waals surface area (Å²) in [6.45, 7) is 10.5. The second kappa shape index (κ2) is 9.60. The van der Waals surface area contributed by atoms with Gasteiger partial charge in [0.15, 0.2) is 0 Å². The molecular weight excluding hydrogens is 202 g/mol. The molecule has 4 heteroatoms. The van der Waals surface area contributed by atoms with Crippen molar-refractivity contribution in [3.63, 3.8) is 0 Å². The van der Waals surface area contributed by atoms with E-state index in [0.29, 0.717) is 6.54 Å². The summed E-state index contributed by atoms with van der Waals surface area (Å²) in [5.74, 6) is 0.0683. The number of carbonyl (C=O) groups is 1. The predicted octanol–water partition coefficient (Wildman–Crippen LogP) is 0.819. The molecule has 0 aliphatic rings. The van der Waals surface area contributed by atoms with E-state index in [0.717, 1.165) is 39.0 Å². The Labute approximate surface area is 99.6 Å².